The molecule has 1 aromatic rings. The minimum Gasteiger partial charge on any atom is -0.369 e. The van der Waals surface area contributed by atoms with Gasteiger partial charge in [-0.05, 0) is 47.0 Å². The number of pyridine rings is 1. The smallest absolute Gasteiger partial charge is 0.255 e. The molecule has 1 unspecified atom stereocenters. The molecule has 1 fully saturated rings. The van der Waals surface area contributed by atoms with Gasteiger partial charge in [0.1, 0.15) is 5.82 Å². The van der Waals surface area contributed by atoms with Gasteiger partial charge in [-0.25, -0.2) is 4.98 Å². The van der Waals surface area contributed by atoms with Crippen molar-refractivity contribution >= 4 is 39.4 Å². The third-order valence-corrected chi connectivity index (χ3v) is 5.24. The van der Waals surface area contributed by atoms with E-state index in [0.717, 1.165) is 24.0 Å². The minimum atomic E-state index is -0.0476. The lowest BCUT2D eigenvalue weighted by molar-refractivity contribution is 0.0954. The highest BCUT2D eigenvalue weighted by atomic mass is 79.9. The Kier molecular flexibility index (Phi) is 6.83. The van der Waals surface area contributed by atoms with Crippen LogP contribution < -0.4 is 10.6 Å². The first-order valence-electron chi connectivity index (χ1n) is 7.50. The number of rotatable bonds is 6. The molecule has 1 amide bonds. The Hall–Kier alpha value is -0.750. The Morgan fingerprint density at radius 1 is 1.52 bits per heavy atom. The van der Waals surface area contributed by atoms with E-state index in [1.807, 2.05) is 17.8 Å². The van der Waals surface area contributed by atoms with Gasteiger partial charge in [0.05, 0.1) is 5.56 Å². The Morgan fingerprint density at radius 3 is 3.10 bits per heavy atom. The van der Waals surface area contributed by atoms with Gasteiger partial charge in [0.2, 0.25) is 0 Å². The lowest BCUT2D eigenvalue weighted by Crippen LogP contribution is -2.32. The molecular weight excluding hydrogens is 350 g/mol. The zero-order chi connectivity index (χ0) is 15.1. The van der Waals surface area contributed by atoms with Crippen LogP contribution in [0.1, 0.15) is 43.0 Å². The molecule has 0 bridgehead atoms. The normalized spacial score (nSPS) is 18.3. The van der Waals surface area contributed by atoms with Crippen molar-refractivity contribution in [2.45, 2.75) is 37.9 Å². The van der Waals surface area contributed by atoms with E-state index in [1.165, 1.54) is 25.0 Å². The summed E-state index contributed by atoms with van der Waals surface area (Å²) >= 11 is 5.35. The van der Waals surface area contributed by atoms with E-state index in [9.17, 15) is 4.79 Å². The second-order valence-electron chi connectivity index (χ2n) is 5.18. The number of aromatic nitrogens is 1. The predicted octanol–water partition coefficient (Wildman–Crippen LogP) is 3.68. The molecule has 2 heterocycles. The predicted molar refractivity (Wildman–Crippen MR) is 93.1 cm³/mol. The summed E-state index contributed by atoms with van der Waals surface area (Å²) in [6, 6.07) is 1.83. The molecule has 2 N–H and O–H groups in total. The highest BCUT2D eigenvalue weighted by Gasteiger charge is 2.17. The van der Waals surface area contributed by atoms with Crippen LogP contribution in [-0.2, 0) is 0 Å². The molecule has 1 atom stereocenters. The first-order valence-corrected chi connectivity index (χ1v) is 9.34. The van der Waals surface area contributed by atoms with Gasteiger partial charge in [0.25, 0.3) is 5.91 Å². The van der Waals surface area contributed by atoms with Crippen LogP contribution >= 0.6 is 27.7 Å². The number of hydrogen-bond donors (Lipinski definition) is 2. The van der Waals surface area contributed by atoms with Crippen LogP contribution in [0.5, 0.6) is 0 Å². The molecule has 0 spiro atoms. The highest BCUT2D eigenvalue weighted by Crippen LogP contribution is 2.24. The molecule has 1 aromatic heterocycles. The largest absolute Gasteiger partial charge is 0.369 e. The summed E-state index contributed by atoms with van der Waals surface area (Å²) in [7, 11) is 0. The van der Waals surface area contributed by atoms with E-state index in [1.54, 1.807) is 6.20 Å². The van der Waals surface area contributed by atoms with Gasteiger partial charge in [-0.15, -0.1) is 0 Å². The Bertz CT molecular complexity index is 478. The van der Waals surface area contributed by atoms with Gasteiger partial charge < -0.3 is 10.6 Å². The first-order chi connectivity index (χ1) is 10.2. The van der Waals surface area contributed by atoms with Crippen molar-refractivity contribution in [3.05, 3.63) is 22.3 Å². The third kappa shape index (κ3) is 5.18. The molecular formula is C15H22BrN3OS. The minimum absolute atomic E-state index is 0.0476. The zero-order valence-electron chi connectivity index (χ0n) is 12.3. The van der Waals surface area contributed by atoms with Crippen LogP contribution in [-0.4, -0.2) is 35.0 Å². The standard InChI is InChI=1S/C15H22BrN3OS/c1-2-6-17-14-13(8-11(16)9-18-14)15(20)19-10-12-5-3-4-7-21-12/h8-9,12H,2-7,10H2,1H3,(H,17,18)(H,19,20). The molecule has 0 aliphatic carbocycles. The van der Waals surface area contributed by atoms with Crippen LogP contribution in [0.2, 0.25) is 0 Å². The topological polar surface area (TPSA) is 54.0 Å². The van der Waals surface area contributed by atoms with E-state index >= 15 is 0 Å². The maximum atomic E-state index is 12.4. The molecule has 1 saturated heterocycles. The lowest BCUT2D eigenvalue weighted by atomic mass is 10.2. The number of nitrogens with zero attached hydrogens (tertiary/aromatic N) is 1. The Labute approximate surface area is 139 Å². The number of nitrogens with one attached hydrogen (secondary N) is 2. The van der Waals surface area contributed by atoms with Crippen molar-refractivity contribution in [2.24, 2.45) is 0 Å². The van der Waals surface area contributed by atoms with Crippen LogP contribution in [0.15, 0.2) is 16.7 Å². The maximum Gasteiger partial charge on any atom is 0.255 e. The van der Waals surface area contributed by atoms with Crippen LogP contribution in [0, 0.1) is 0 Å². The van der Waals surface area contributed by atoms with Gasteiger partial charge in [0, 0.05) is 29.0 Å². The molecule has 6 heteroatoms. The van der Waals surface area contributed by atoms with E-state index in [0.29, 0.717) is 16.6 Å². The average molecular weight is 372 g/mol. The van der Waals surface area contributed by atoms with Crippen molar-refractivity contribution in [1.82, 2.24) is 10.3 Å². The summed E-state index contributed by atoms with van der Waals surface area (Å²) in [4.78, 5) is 16.7. The maximum absolute atomic E-state index is 12.4. The molecule has 0 radical (unpaired) electrons. The van der Waals surface area contributed by atoms with Gasteiger partial charge in [-0.1, -0.05) is 13.3 Å². The summed E-state index contributed by atoms with van der Waals surface area (Å²) in [5.74, 6) is 1.82. The molecule has 1 aliphatic heterocycles. The van der Waals surface area contributed by atoms with Crippen LogP contribution in [0.3, 0.4) is 0 Å². The zero-order valence-corrected chi connectivity index (χ0v) is 14.7. The number of halogens is 1. The average Bonchev–Trinajstić information content (AvgIpc) is 2.52. The second kappa shape index (κ2) is 8.63. The number of carbonyl (C=O) groups excluding carboxylic acids is 1. The fraction of sp³-hybridized carbons (Fsp3) is 0.600. The molecule has 0 aromatic carbocycles. The molecule has 21 heavy (non-hydrogen) atoms. The molecule has 2 rings (SSSR count). The lowest BCUT2D eigenvalue weighted by Gasteiger charge is -2.21. The summed E-state index contributed by atoms with van der Waals surface area (Å²) < 4.78 is 0.821. The summed E-state index contributed by atoms with van der Waals surface area (Å²) in [6.45, 7) is 3.64. The number of amides is 1. The number of carbonyl (C=O) groups is 1. The van der Waals surface area contributed by atoms with E-state index in [2.05, 4.69) is 38.5 Å². The van der Waals surface area contributed by atoms with Crippen molar-refractivity contribution in [1.29, 1.82) is 0 Å². The van der Waals surface area contributed by atoms with Crippen molar-refractivity contribution < 1.29 is 4.79 Å². The van der Waals surface area contributed by atoms with Gasteiger partial charge in [0.15, 0.2) is 0 Å². The van der Waals surface area contributed by atoms with E-state index in [-0.39, 0.29) is 5.91 Å². The van der Waals surface area contributed by atoms with Gasteiger partial charge >= 0.3 is 0 Å². The van der Waals surface area contributed by atoms with Gasteiger partial charge in [-0.2, -0.15) is 11.8 Å². The van der Waals surface area contributed by atoms with Crippen LogP contribution in [0.4, 0.5) is 5.82 Å². The molecule has 1 aliphatic rings. The summed E-state index contributed by atoms with van der Waals surface area (Å²) in [6.07, 6.45) is 6.48. The number of anilines is 1. The quantitative estimate of drug-likeness (QED) is 0.800. The fourth-order valence-electron chi connectivity index (χ4n) is 2.27. The number of thioether (sulfide) groups is 1. The van der Waals surface area contributed by atoms with E-state index in [4.69, 9.17) is 0 Å². The SMILES string of the molecule is CCCNc1ncc(Br)cc1C(=O)NCC1CCCCS1. The van der Waals surface area contributed by atoms with Crippen molar-refractivity contribution in [3.63, 3.8) is 0 Å². The van der Waals surface area contributed by atoms with Gasteiger partial charge in [-0.3, -0.25) is 4.79 Å². The fourth-order valence-corrected chi connectivity index (χ4v) is 3.84. The number of hydrogen-bond acceptors (Lipinski definition) is 4. The van der Waals surface area contributed by atoms with Crippen molar-refractivity contribution in [3.8, 4) is 0 Å². The Balaban J connectivity index is 1.97. The van der Waals surface area contributed by atoms with E-state index < -0.39 is 0 Å². The second-order valence-corrected chi connectivity index (χ2v) is 7.50. The highest BCUT2D eigenvalue weighted by molar-refractivity contribution is 9.10. The first kappa shape index (κ1) is 16.6. The molecule has 0 saturated carbocycles. The summed E-state index contributed by atoms with van der Waals surface area (Å²) in [5, 5.41) is 6.81. The monoisotopic (exact) mass is 371 g/mol. The van der Waals surface area contributed by atoms with Crippen LogP contribution in [0.25, 0.3) is 0 Å². The van der Waals surface area contributed by atoms with Crippen molar-refractivity contribution in [2.75, 3.05) is 24.2 Å². The summed E-state index contributed by atoms with van der Waals surface area (Å²) in [5.41, 5.74) is 0.610. The molecule has 4 nitrogen and oxygen atoms in total. The molecule has 116 valence electrons. The third-order valence-electron chi connectivity index (χ3n) is 3.41. The Morgan fingerprint density at radius 2 is 2.38 bits per heavy atom.